The number of pyridine rings is 1. The van der Waals surface area contributed by atoms with Crippen molar-refractivity contribution >= 4 is 29.3 Å². The molecule has 0 fully saturated rings. The Morgan fingerprint density at radius 1 is 1.36 bits per heavy atom. The van der Waals surface area contributed by atoms with Crippen LogP contribution in [0, 0.1) is 11.3 Å². The molecule has 0 unspecified atom stereocenters. The van der Waals surface area contributed by atoms with Gasteiger partial charge in [0.05, 0.1) is 23.5 Å². The van der Waals surface area contributed by atoms with Gasteiger partial charge in [-0.15, -0.1) is 0 Å². The minimum absolute atomic E-state index is 0.0441. The molecule has 2 aromatic heterocycles. The van der Waals surface area contributed by atoms with Crippen LogP contribution in [0.4, 0.5) is 11.6 Å². The highest BCUT2D eigenvalue weighted by Gasteiger charge is 2.16. The molecule has 0 radical (unpaired) electrons. The van der Waals surface area contributed by atoms with Gasteiger partial charge >= 0.3 is 0 Å². The highest BCUT2D eigenvalue weighted by atomic mass is 35.5. The monoisotopic (exact) mass is 464 g/mol. The molecular weight excluding hydrogens is 444 g/mol. The fourth-order valence-electron chi connectivity index (χ4n) is 3.22. The van der Waals surface area contributed by atoms with Gasteiger partial charge in [0, 0.05) is 24.0 Å². The Kier molecular flexibility index (Phi) is 6.88. The smallest absolute Gasteiger partial charge is 0.270 e. The quantitative estimate of drug-likeness (QED) is 0.505. The summed E-state index contributed by atoms with van der Waals surface area (Å²) in [6.07, 6.45) is 4.92. The fourth-order valence-corrected chi connectivity index (χ4v) is 3.45. The number of nitrogens with one attached hydrogen (secondary N) is 3. The third-order valence-electron chi connectivity index (χ3n) is 5.01. The molecule has 4 rings (SSSR count). The minimum Gasteiger partial charge on any atom is -0.486 e. The minimum atomic E-state index is -0.496. The molecule has 1 aliphatic rings. The summed E-state index contributed by atoms with van der Waals surface area (Å²) < 4.78 is 11.6. The third-order valence-corrected chi connectivity index (χ3v) is 5.30. The average molecular weight is 465 g/mol. The average Bonchev–Trinajstić information content (AvgIpc) is 2.80. The molecule has 0 saturated carbocycles. The number of nitrogens with zero attached hydrogens (tertiary/aromatic N) is 3. The summed E-state index contributed by atoms with van der Waals surface area (Å²) in [5.74, 6) is 0.804. The predicted molar refractivity (Wildman–Crippen MR) is 125 cm³/mol. The van der Waals surface area contributed by atoms with Crippen LogP contribution in [-0.4, -0.2) is 34.3 Å². The van der Waals surface area contributed by atoms with Gasteiger partial charge in [-0.25, -0.2) is 4.98 Å². The van der Waals surface area contributed by atoms with E-state index in [2.05, 4.69) is 25.6 Å². The molecule has 3 aromatic rings. The zero-order chi connectivity index (χ0) is 23.2. The van der Waals surface area contributed by atoms with Crippen molar-refractivity contribution in [3.63, 3.8) is 0 Å². The van der Waals surface area contributed by atoms with Gasteiger partial charge in [-0.2, -0.15) is 5.26 Å². The first-order valence-corrected chi connectivity index (χ1v) is 10.6. The molecule has 1 aromatic carbocycles. The first-order chi connectivity index (χ1) is 16.0. The lowest BCUT2D eigenvalue weighted by atomic mass is 10.0. The Labute approximate surface area is 195 Å². The molecular formula is C23H21ClN6O3. The number of H-pyrrole nitrogens is 1. The van der Waals surface area contributed by atoms with E-state index < -0.39 is 5.56 Å². The molecule has 33 heavy (non-hydrogen) atoms. The van der Waals surface area contributed by atoms with Gasteiger partial charge in [0.2, 0.25) is 5.95 Å². The SMILES string of the molecule is C[C@H](Nc1ncc(C#N)c(=O)[nH]1)/C1=C/c2cc(Cl)c(OCc3ccccn3)cc2NCOC1. The molecule has 1 aliphatic heterocycles. The first kappa shape index (κ1) is 22.3. The number of benzene rings is 1. The standard InChI is InChI=1S/C23H21ClN6O3/c1-14(29-23-27-10-17(9-25)22(31)30-23)16-6-15-7-19(24)21(8-20(15)28-13-32-11-16)33-12-18-4-2-3-5-26-18/h2-8,10,14,28H,11-13H2,1H3,(H2,27,29,30,31)/b16-6+/t14-/m0/s1. The molecule has 0 bridgehead atoms. The molecule has 168 valence electrons. The Morgan fingerprint density at radius 2 is 2.24 bits per heavy atom. The maximum Gasteiger partial charge on any atom is 0.270 e. The van der Waals surface area contributed by atoms with Crippen molar-refractivity contribution in [2.24, 2.45) is 0 Å². The largest absolute Gasteiger partial charge is 0.486 e. The van der Waals surface area contributed by atoms with Crippen molar-refractivity contribution in [2.45, 2.75) is 19.6 Å². The van der Waals surface area contributed by atoms with E-state index in [-0.39, 0.29) is 17.6 Å². The Balaban J connectivity index is 1.55. The second kappa shape index (κ2) is 10.2. The highest BCUT2D eigenvalue weighted by molar-refractivity contribution is 6.32. The molecule has 0 amide bonds. The number of fused-ring (bicyclic) bond motifs is 1. The molecule has 1 atom stereocenters. The van der Waals surface area contributed by atoms with Gasteiger partial charge in [-0.05, 0) is 42.3 Å². The lowest BCUT2D eigenvalue weighted by Crippen LogP contribution is -2.26. The predicted octanol–water partition coefficient (Wildman–Crippen LogP) is 3.55. The number of hydrogen-bond acceptors (Lipinski definition) is 8. The summed E-state index contributed by atoms with van der Waals surface area (Å²) in [5, 5.41) is 15.7. The topological polar surface area (TPSA) is 125 Å². The molecule has 0 saturated heterocycles. The molecule has 10 heteroatoms. The summed E-state index contributed by atoms with van der Waals surface area (Å²) in [6, 6.07) is 10.9. The van der Waals surface area contributed by atoms with Crippen molar-refractivity contribution in [3.05, 3.63) is 80.5 Å². The van der Waals surface area contributed by atoms with Crippen LogP contribution >= 0.6 is 11.6 Å². The van der Waals surface area contributed by atoms with Gasteiger partial charge in [0.15, 0.2) is 0 Å². The van der Waals surface area contributed by atoms with Crippen LogP contribution in [0.5, 0.6) is 5.75 Å². The summed E-state index contributed by atoms with van der Waals surface area (Å²) in [7, 11) is 0. The lowest BCUT2D eigenvalue weighted by Gasteiger charge is -2.22. The van der Waals surface area contributed by atoms with Gasteiger partial charge in [-0.3, -0.25) is 14.8 Å². The fraction of sp³-hybridized carbons (Fsp3) is 0.217. The summed E-state index contributed by atoms with van der Waals surface area (Å²) in [6.45, 7) is 2.88. The van der Waals surface area contributed by atoms with E-state index in [4.69, 9.17) is 26.3 Å². The van der Waals surface area contributed by atoms with E-state index in [1.807, 2.05) is 43.3 Å². The number of hydrogen-bond donors (Lipinski definition) is 3. The van der Waals surface area contributed by atoms with E-state index in [0.29, 0.717) is 30.7 Å². The summed E-state index contributed by atoms with van der Waals surface area (Å²) in [4.78, 5) is 22.8. The summed E-state index contributed by atoms with van der Waals surface area (Å²) in [5.41, 5.74) is 2.86. The zero-order valence-electron chi connectivity index (χ0n) is 17.8. The van der Waals surface area contributed by atoms with Crippen LogP contribution in [-0.2, 0) is 11.3 Å². The van der Waals surface area contributed by atoms with Crippen molar-refractivity contribution < 1.29 is 9.47 Å². The maximum absolute atomic E-state index is 11.9. The Morgan fingerprint density at radius 3 is 3.00 bits per heavy atom. The second-order valence-electron chi connectivity index (χ2n) is 7.32. The van der Waals surface area contributed by atoms with Gasteiger partial charge < -0.3 is 20.1 Å². The maximum atomic E-state index is 11.9. The van der Waals surface area contributed by atoms with Crippen molar-refractivity contribution in [1.82, 2.24) is 15.0 Å². The lowest BCUT2D eigenvalue weighted by molar-refractivity contribution is 0.173. The van der Waals surface area contributed by atoms with Crippen molar-refractivity contribution in [2.75, 3.05) is 24.0 Å². The van der Waals surface area contributed by atoms with Crippen LogP contribution in [0.15, 0.2) is 53.1 Å². The van der Waals surface area contributed by atoms with E-state index >= 15 is 0 Å². The number of nitriles is 1. The number of ether oxygens (including phenoxy) is 2. The zero-order valence-corrected chi connectivity index (χ0v) is 18.5. The molecule has 0 spiro atoms. The third kappa shape index (κ3) is 5.49. The van der Waals surface area contributed by atoms with Gasteiger partial charge in [-0.1, -0.05) is 17.7 Å². The molecule has 3 N–H and O–H groups in total. The Hall–Kier alpha value is -3.87. The van der Waals surface area contributed by atoms with E-state index in [1.54, 1.807) is 12.3 Å². The van der Waals surface area contributed by atoms with E-state index in [1.165, 1.54) is 6.20 Å². The Bertz CT molecular complexity index is 1270. The van der Waals surface area contributed by atoms with Crippen LogP contribution in [0.2, 0.25) is 5.02 Å². The van der Waals surface area contributed by atoms with Gasteiger partial charge in [0.1, 0.15) is 30.7 Å². The number of aromatic nitrogens is 3. The van der Waals surface area contributed by atoms with Gasteiger partial charge in [0.25, 0.3) is 5.56 Å². The normalized spacial score (nSPS) is 15.5. The molecule has 3 heterocycles. The molecule has 0 aliphatic carbocycles. The van der Waals surface area contributed by atoms with Crippen LogP contribution < -0.4 is 20.9 Å². The van der Waals surface area contributed by atoms with E-state index in [0.717, 1.165) is 22.5 Å². The summed E-state index contributed by atoms with van der Waals surface area (Å²) >= 11 is 6.50. The first-order valence-electron chi connectivity index (χ1n) is 10.2. The number of rotatable bonds is 6. The van der Waals surface area contributed by atoms with Crippen molar-refractivity contribution in [3.8, 4) is 11.8 Å². The number of anilines is 2. The van der Waals surface area contributed by atoms with E-state index in [9.17, 15) is 4.79 Å². The highest BCUT2D eigenvalue weighted by Crippen LogP contribution is 2.34. The number of aromatic amines is 1. The molecule has 9 nitrogen and oxygen atoms in total. The van der Waals surface area contributed by atoms with Crippen LogP contribution in [0.25, 0.3) is 6.08 Å². The number of halogens is 1. The van der Waals surface area contributed by atoms with Crippen LogP contribution in [0.1, 0.15) is 23.7 Å². The second-order valence-corrected chi connectivity index (χ2v) is 7.73. The van der Waals surface area contributed by atoms with Crippen LogP contribution in [0.3, 0.4) is 0 Å². The van der Waals surface area contributed by atoms with Crippen molar-refractivity contribution in [1.29, 1.82) is 5.26 Å².